The van der Waals surface area contributed by atoms with Crippen LogP contribution in [0.3, 0.4) is 0 Å². The fourth-order valence-electron chi connectivity index (χ4n) is 4.66. The first-order valence-corrected chi connectivity index (χ1v) is 15.4. The summed E-state index contributed by atoms with van der Waals surface area (Å²) in [5.41, 5.74) is 1.32. The van der Waals surface area contributed by atoms with Crippen molar-refractivity contribution in [2.24, 2.45) is 5.10 Å². The Morgan fingerprint density at radius 1 is 0.978 bits per heavy atom. The first kappa shape index (κ1) is 32.2. The summed E-state index contributed by atoms with van der Waals surface area (Å²) in [5, 5.41) is 4.72. The average molecular weight is 741 g/mol. The molecule has 0 aliphatic heterocycles. The van der Waals surface area contributed by atoms with Crippen LogP contribution in [0.2, 0.25) is 0 Å². The fourth-order valence-corrected chi connectivity index (χ4v) is 5.82. The van der Waals surface area contributed by atoms with Crippen molar-refractivity contribution in [3.63, 3.8) is 0 Å². The molecular formula is C34H26Br2F3N3O3. The van der Waals surface area contributed by atoms with Crippen LogP contribution in [0.4, 0.5) is 13.2 Å². The molecule has 0 fully saturated rings. The van der Waals surface area contributed by atoms with Gasteiger partial charge in [0, 0.05) is 25.6 Å². The van der Waals surface area contributed by atoms with E-state index in [0.29, 0.717) is 35.6 Å². The lowest BCUT2D eigenvalue weighted by Crippen LogP contribution is -2.20. The van der Waals surface area contributed by atoms with Gasteiger partial charge in [0.2, 0.25) is 0 Å². The second-order valence-corrected chi connectivity index (χ2v) is 11.6. The highest BCUT2D eigenvalue weighted by Crippen LogP contribution is 2.36. The quantitative estimate of drug-likeness (QED) is 0.106. The lowest BCUT2D eigenvalue weighted by atomic mass is 10.1. The molecule has 0 radical (unpaired) electrons. The Kier molecular flexibility index (Phi) is 9.89. The number of fused-ring (bicyclic) bond motifs is 1. The highest BCUT2D eigenvalue weighted by Gasteiger charge is 2.31. The minimum atomic E-state index is -4.57. The Morgan fingerprint density at radius 3 is 2.51 bits per heavy atom. The van der Waals surface area contributed by atoms with Crippen molar-refractivity contribution < 1.29 is 22.6 Å². The molecular weight excluding hydrogens is 715 g/mol. The van der Waals surface area contributed by atoms with E-state index in [1.165, 1.54) is 18.3 Å². The van der Waals surface area contributed by atoms with Crippen LogP contribution in [0.1, 0.15) is 29.2 Å². The Morgan fingerprint density at radius 2 is 1.78 bits per heavy atom. The number of aromatic nitrogens is 2. The van der Waals surface area contributed by atoms with E-state index < -0.39 is 17.3 Å². The summed E-state index contributed by atoms with van der Waals surface area (Å²) >= 11 is 7.02. The molecule has 1 aromatic heterocycles. The van der Waals surface area contributed by atoms with Crippen molar-refractivity contribution >= 4 is 49.0 Å². The van der Waals surface area contributed by atoms with Crippen molar-refractivity contribution in [1.29, 1.82) is 0 Å². The van der Waals surface area contributed by atoms with Crippen LogP contribution in [0.15, 0.2) is 110 Å². The van der Waals surface area contributed by atoms with E-state index in [-0.39, 0.29) is 23.4 Å². The zero-order chi connectivity index (χ0) is 32.1. The predicted molar refractivity (Wildman–Crippen MR) is 177 cm³/mol. The molecule has 0 aliphatic carbocycles. The number of nitrogens with zero attached hydrogens (tertiary/aromatic N) is 3. The molecule has 45 heavy (non-hydrogen) atoms. The number of hydrogen-bond donors (Lipinski definition) is 0. The number of alkyl halides is 3. The molecule has 11 heteroatoms. The minimum Gasteiger partial charge on any atom is -0.490 e. The first-order valence-electron chi connectivity index (χ1n) is 13.8. The third kappa shape index (κ3) is 7.37. The minimum absolute atomic E-state index is 0.0302. The Labute approximate surface area is 274 Å². The number of benzene rings is 4. The number of hydrogen-bond acceptors (Lipinski definition) is 5. The van der Waals surface area contributed by atoms with Crippen LogP contribution in [0.25, 0.3) is 22.3 Å². The van der Waals surface area contributed by atoms with Gasteiger partial charge in [0.05, 0.1) is 29.3 Å². The molecule has 1 heterocycles. The Hall–Kier alpha value is -4.22. The number of halogens is 5. The Bertz CT molecular complexity index is 1970. The molecule has 0 spiro atoms. The summed E-state index contributed by atoms with van der Waals surface area (Å²) in [5.74, 6) is 0.976. The SMILES string of the molecule is C=CCc1cc(C=Nn2c(-c3cccc(C(F)(F)F)c3)nc3ccccc3c2=O)cc(OCC)c1OCc1ccc(Br)cc1Br. The molecule has 0 N–H and O–H groups in total. The van der Waals surface area contributed by atoms with Crippen molar-refractivity contribution in [1.82, 2.24) is 9.66 Å². The maximum atomic E-state index is 13.6. The van der Waals surface area contributed by atoms with Crippen LogP contribution in [-0.4, -0.2) is 22.5 Å². The summed E-state index contributed by atoms with van der Waals surface area (Å²) in [7, 11) is 0. The molecule has 0 unspecified atom stereocenters. The molecule has 230 valence electrons. The summed E-state index contributed by atoms with van der Waals surface area (Å²) < 4.78 is 55.7. The highest BCUT2D eigenvalue weighted by molar-refractivity contribution is 9.11. The summed E-state index contributed by atoms with van der Waals surface area (Å²) in [6.07, 6.45) is -0.946. The molecule has 0 atom stereocenters. The maximum absolute atomic E-state index is 13.6. The van der Waals surface area contributed by atoms with E-state index in [1.807, 2.05) is 31.2 Å². The van der Waals surface area contributed by atoms with Gasteiger partial charge in [0.1, 0.15) is 6.61 Å². The summed E-state index contributed by atoms with van der Waals surface area (Å²) in [4.78, 5) is 18.1. The van der Waals surface area contributed by atoms with E-state index in [0.717, 1.165) is 36.9 Å². The van der Waals surface area contributed by atoms with Gasteiger partial charge in [-0.2, -0.15) is 22.9 Å². The molecule has 0 amide bonds. The van der Waals surface area contributed by atoms with Gasteiger partial charge < -0.3 is 9.47 Å². The molecule has 0 bridgehead atoms. The number of ether oxygens (including phenoxy) is 2. The third-order valence-corrected chi connectivity index (χ3v) is 7.96. The topological polar surface area (TPSA) is 65.7 Å². The van der Waals surface area contributed by atoms with Gasteiger partial charge in [-0.25, -0.2) is 4.98 Å². The second kappa shape index (κ2) is 13.8. The smallest absolute Gasteiger partial charge is 0.416 e. The van der Waals surface area contributed by atoms with Gasteiger partial charge in [-0.05, 0) is 67.4 Å². The number of allylic oxidation sites excluding steroid dienone is 1. The van der Waals surface area contributed by atoms with Gasteiger partial charge >= 0.3 is 6.18 Å². The average Bonchev–Trinajstić information content (AvgIpc) is 3.01. The van der Waals surface area contributed by atoms with E-state index in [2.05, 4.69) is 48.5 Å². The predicted octanol–water partition coefficient (Wildman–Crippen LogP) is 9.20. The number of rotatable bonds is 10. The zero-order valence-electron chi connectivity index (χ0n) is 23.9. The van der Waals surface area contributed by atoms with Gasteiger partial charge in [0.15, 0.2) is 17.3 Å². The van der Waals surface area contributed by atoms with E-state index in [4.69, 9.17) is 9.47 Å². The molecule has 0 saturated heterocycles. The normalized spacial score (nSPS) is 11.7. The van der Waals surface area contributed by atoms with Crippen molar-refractivity contribution in [2.75, 3.05) is 6.61 Å². The largest absolute Gasteiger partial charge is 0.490 e. The monoisotopic (exact) mass is 739 g/mol. The van der Waals surface area contributed by atoms with Gasteiger partial charge in [-0.3, -0.25) is 4.79 Å². The molecule has 5 rings (SSSR count). The van der Waals surface area contributed by atoms with Gasteiger partial charge in [-0.1, -0.05) is 68.3 Å². The van der Waals surface area contributed by atoms with Crippen molar-refractivity contribution in [3.8, 4) is 22.9 Å². The van der Waals surface area contributed by atoms with Gasteiger partial charge in [-0.15, -0.1) is 6.58 Å². The molecule has 0 aliphatic rings. The fraction of sp³-hybridized carbons (Fsp3) is 0.147. The van der Waals surface area contributed by atoms with E-state index in [1.54, 1.807) is 36.4 Å². The third-order valence-electron chi connectivity index (χ3n) is 6.73. The molecule has 5 aromatic rings. The van der Waals surface area contributed by atoms with Crippen LogP contribution in [0.5, 0.6) is 11.5 Å². The van der Waals surface area contributed by atoms with Crippen LogP contribution in [-0.2, 0) is 19.2 Å². The van der Waals surface area contributed by atoms with Crippen LogP contribution < -0.4 is 15.0 Å². The van der Waals surface area contributed by atoms with Crippen LogP contribution in [0, 0.1) is 0 Å². The van der Waals surface area contributed by atoms with E-state index >= 15 is 0 Å². The van der Waals surface area contributed by atoms with E-state index in [9.17, 15) is 18.0 Å². The van der Waals surface area contributed by atoms with Crippen LogP contribution >= 0.6 is 31.9 Å². The lowest BCUT2D eigenvalue weighted by Gasteiger charge is -2.17. The standard InChI is InChI=1S/C34H26Br2F3N3O3/c1-3-8-22-15-21(16-30(44-4-2)31(22)45-20-24-13-14-26(35)18-28(24)36)19-40-42-32(23-9-7-10-25(17-23)34(37,38)39)41-29-12-6-5-11-27(29)33(42)43/h3,5-7,9-19H,1,4,8,20H2,2H3. The van der Waals surface area contributed by atoms with Gasteiger partial charge in [0.25, 0.3) is 5.56 Å². The second-order valence-electron chi connectivity index (χ2n) is 9.85. The zero-order valence-corrected chi connectivity index (χ0v) is 27.1. The summed E-state index contributed by atoms with van der Waals surface area (Å²) in [6, 6.07) is 20.6. The Balaban J connectivity index is 1.60. The molecule has 6 nitrogen and oxygen atoms in total. The molecule has 4 aromatic carbocycles. The molecule has 0 saturated carbocycles. The maximum Gasteiger partial charge on any atom is 0.416 e. The van der Waals surface area contributed by atoms with Crippen molar-refractivity contribution in [2.45, 2.75) is 26.1 Å². The number of para-hydroxylation sites is 1. The van der Waals surface area contributed by atoms with Crippen molar-refractivity contribution in [3.05, 3.63) is 133 Å². The summed E-state index contributed by atoms with van der Waals surface area (Å²) in [6.45, 7) is 6.35. The lowest BCUT2D eigenvalue weighted by molar-refractivity contribution is -0.137. The highest BCUT2D eigenvalue weighted by atomic mass is 79.9. The first-order chi connectivity index (χ1) is 21.6.